The van der Waals surface area contributed by atoms with Crippen LogP contribution in [0.15, 0.2) is 61.2 Å². The van der Waals surface area contributed by atoms with Crippen LogP contribution in [0.3, 0.4) is 0 Å². The number of alkyl halides is 3. The van der Waals surface area contributed by atoms with E-state index in [1.54, 1.807) is 47.6 Å². The zero-order valence-corrected chi connectivity index (χ0v) is 15.0. The van der Waals surface area contributed by atoms with Crippen LogP contribution in [-0.2, 0) is 6.18 Å². The van der Waals surface area contributed by atoms with Gasteiger partial charge in [-0.1, -0.05) is 6.92 Å². The number of aromatic nitrogens is 2. The van der Waals surface area contributed by atoms with Gasteiger partial charge in [0.2, 0.25) is 0 Å². The standard InChI is InChI=1S/C20H18F3N3O2/c1-2-11-28-18-8-5-15(20(21,22)23)12-17(18)25-19(27)14-3-6-16(7-4-14)26-10-9-24-13-26/h3-10,12-13H,2,11H2,1H3,(H,25,27). The molecular formula is C20H18F3N3O2. The van der Waals surface area contributed by atoms with Crippen LogP contribution in [0.25, 0.3) is 5.69 Å². The van der Waals surface area contributed by atoms with E-state index in [-0.39, 0.29) is 11.4 Å². The molecule has 0 spiro atoms. The van der Waals surface area contributed by atoms with Crippen molar-refractivity contribution in [3.63, 3.8) is 0 Å². The number of halogens is 3. The van der Waals surface area contributed by atoms with E-state index in [1.807, 2.05) is 6.92 Å². The van der Waals surface area contributed by atoms with Crippen molar-refractivity contribution in [2.24, 2.45) is 0 Å². The summed E-state index contributed by atoms with van der Waals surface area (Å²) in [6.07, 6.45) is 1.18. The van der Waals surface area contributed by atoms with Crippen molar-refractivity contribution >= 4 is 11.6 Å². The number of hydrogen-bond donors (Lipinski definition) is 1. The Kier molecular flexibility index (Phi) is 5.67. The van der Waals surface area contributed by atoms with Gasteiger partial charge in [-0.3, -0.25) is 4.79 Å². The first-order chi connectivity index (χ1) is 13.4. The minimum Gasteiger partial charge on any atom is -0.491 e. The number of imidazole rings is 1. The highest BCUT2D eigenvalue weighted by atomic mass is 19.4. The third kappa shape index (κ3) is 4.51. The van der Waals surface area contributed by atoms with Crippen LogP contribution in [-0.4, -0.2) is 22.1 Å². The molecule has 28 heavy (non-hydrogen) atoms. The topological polar surface area (TPSA) is 56.1 Å². The van der Waals surface area contributed by atoms with Gasteiger partial charge in [-0.25, -0.2) is 4.98 Å². The lowest BCUT2D eigenvalue weighted by Gasteiger charge is -2.15. The second-order valence-corrected chi connectivity index (χ2v) is 6.03. The Morgan fingerprint density at radius 3 is 2.54 bits per heavy atom. The molecule has 0 unspecified atom stereocenters. The maximum atomic E-state index is 13.0. The van der Waals surface area contributed by atoms with Crippen LogP contribution in [0.2, 0.25) is 0 Å². The summed E-state index contributed by atoms with van der Waals surface area (Å²) in [5.74, 6) is -0.337. The fraction of sp³-hybridized carbons (Fsp3) is 0.200. The van der Waals surface area contributed by atoms with Crippen molar-refractivity contribution in [3.05, 3.63) is 72.3 Å². The van der Waals surface area contributed by atoms with Crippen molar-refractivity contribution in [1.82, 2.24) is 9.55 Å². The van der Waals surface area contributed by atoms with Crippen LogP contribution in [0.5, 0.6) is 5.75 Å². The van der Waals surface area contributed by atoms with Gasteiger partial charge in [0.25, 0.3) is 5.91 Å². The molecule has 0 aliphatic heterocycles. The smallest absolute Gasteiger partial charge is 0.416 e. The molecular weight excluding hydrogens is 371 g/mol. The average molecular weight is 389 g/mol. The molecule has 1 amide bonds. The summed E-state index contributed by atoms with van der Waals surface area (Å²) >= 11 is 0. The summed E-state index contributed by atoms with van der Waals surface area (Å²) < 4.78 is 46.3. The monoisotopic (exact) mass is 389 g/mol. The Balaban J connectivity index is 1.83. The highest BCUT2D eigenvalue weighted by molar-refractivity contribution is 6.05. The number of rotatable bonds is 6. The molecule has 146 valence electrons. The molecule has 0 atom stereocenters. The average Bonchev–Trinajstić information content (AvgIpc) is 3.21. The predicted octanol–water partition coefficient (Wildman–Crippen LogP) is 4.93. The summed E-state index contributed by atoms with van der Waals surface area (Å²) in [5, 5.41) is 2.52. The first-order valence-corrected chi connectivity index (χ1v) is 8.62. The van der Waals surface area contributed by atoms with Crippen molar-refractivity contribution in [1.29, 1.82) is 0 Å². The molecule has 0 aliphatic rings. The molecule has 2 aromatic carbocycles. The predicted molar refractivity (Wildman–Crippen MR) is 98.7 cm³/mol. The van der Waals surface area contributed by atoms with Gasteiger partial charge in [-0.05, 0) is 48.9 Å². The minimum atomic E-state index is -4.52. The molecule has 0 bridgehead atoms. The number of nitrogens with one attached hydrogen (secondary N) is 1. The lowest BCUT2D eigenvalue weighted by molar-refractivity contribution is -0.137. The number of anilines is 1. The van der Waals surface area contributed by atoms with Gasteiger partial charge in [0.15, 0.2) is 0 Å². The molecule has 1 N–H and O–H groups in total. The molecule has 0 saturated carbocycles. The van der Waals surface area contributed by atoms with Gasteiger partial charge < -0.3 is 14.6 Å². The molecule has 3 rings (SSSR count). The molecule has 1 heterocycles. The summed E-state index contributed by atoms with van der Waals surface area (Å²) in [7, 11) is 0. The molecule has 8 heteroatoms. The highest BCUT2D eigenvalue weighted by Crippen LogP contribution is 2.35. The van der Waals surface area contributed by atoms with E-state index in [1.165, 1.54) is 6.07 Å². The van der Waals surface area contributed by atoms with Crippen LogP contribution < -0.4 is 10.1 Å². The second-order valence-electron chi connectivity index (χ2n) is 6.03. The van der Waals surface area contributed by atoms with Crippen LogP contribution in [0, 0.1) is 0 Å². The fourth-order valence-electron chi connectivity index (χ4n) is 2.53. The van der Waals surface area contributed by atoms with Crippen molar-refractivity contribution in [2.75, 3.05) is 11.9 Å². The summed E-state index contributed by atoms with van der Waals surface area (Å²) in [6, 6.07) is 9.64. The van der Waals surface area contributed by atoms with Crippen LogP contribution in [0.4, 0.5) is 18.9 Å². The van der Waals surface area contributed by atoms with E-state index in [4.69, 9.17) is 4.74 Å². The molecule has 0 saturated heterocycles. The van der Waals surface area contributed by atoms with Gasteiger partial charge >= 0.3 is 6.18 Å². The molecule has 0 aliphatic carbocycles. The molecule has 3 aromatic rings. The molecule has 5 nitrogen and oxygen atoms in total. The SMILES string of the molecule is CCCOc1ccc(C(F)(F)F)cc1NC(=O)c1ccc(-n2ccnc2)cc1. The molecule has 0 fully saturated rings. The van der Waals surface area contributed by atoms with Gasteiger partial charge in [-0.15, -0.1) is 0 Å². The van der Waals surface area contributed by atoms with E-state index in [0.717, 1.165) is 17.8 Å². The van der Waals surface area contributed by atoms with Crippen molar-refractivity contribution in [2.45, 2.75) is 19.5 Å². The Morgan fingerprint density at radius 1 is 1.18 bits per heavy atom. The lowest BCUT2D eigenvalue weighted by Crippen LogP contribution is -2.14. The van der Waals surface area contributed by atoms with Gasteiger partial charge in [0.05, 0.1) is 24.2 Å². The van der Waals surface area contributed by atoms with Crippen LogP contribution >= 0.6 is 0 Å². The van der Waals surface area contributed by atoms with Crippen molar-refractivity contribution < 1.29 is 22.7 Å². The third-order valence-corrected chi connectivity index (χ3v) is 3.95. The summed E-state index contributed by atoms with van der Waals surface area (Å²) in [5.41, 5.74) is 0.233. The zero-order chi connectivity index (χ0) is 20.1. The second kappa shape index (κ2) is 8.16. The Labute approximate surface area is 159 Å². The van der Waals surface area contributed by atoms with E-state index in [0.29, 0.717) is 18.6 Å². The normalized spacial score (nSPS) is 11.3. The first kappa shape index (κ1) is 19.5. The maximum absolute atomic E-state index is 13.0. The lowest BCUT2D eigenvalue weighted by atomic mass is 10.1. The van der Waals surface area contributed by atoms with Gasteiger partial charge in [0.1, 0.15) is 5.75 Å². The van der Waals surface area contributed by atoms with E-state index >= 15 is 0 Å². The van der Waals surface area contributed by atoms with E-state index in [9.17, 15) is 18.0 Å². The zero-order valence-electron chi connectivity index (χ0n) is 15.0. The Morgan fingerprint density at radius 2 is 1.93 bits per heavy atom. The molecule has 0 radical (unpaired) electrons. The third-order valence-electron chi connectivity index (χ3n) is 3.95. The Hall–Kier alpha value is -3.29. The van der Waals surface area contributed by atoms with Crippen molar-refractivity contribution in [3.8, 4) is 11.4 Å². The van der Waals surface area contributed by atoms with Gasteiger partial charge in [0, 0.05) is 23.6 Å². The fourth-order valence-corrected chi connectivity index (χ4v) is 2.53. The van der Waals surface area contributed by atoms with E-state index < -0.39 is 17.6 Å². The maximum Gasteiger partial charge on any atom is 0.416 e. The highest BCUT2D eigenvalue weighted by Gasteiger charge is 2.31. The number of carbonyl (C=O) groups excluding carboxylic acids is 1. The van der Waals surface area contributed by atoms with Gasteiger partial charge in [-0.2, -0.15) is 13.2 Å². The number of nitrogens with zero attached hydrogens (tertiary/aromatic N) is 2. The Bertz CT molecular complexity index is 936. The largest absolute Gasteiger partial charge is 0.491 e. The van der Waals surface area contributed by atoms with E-state index in [2.05, 4.69) is 10.3 Å². The first-order valence-electron chi connectivity index (χ1n) is 8.62. The number of hydrogen-bond acceptors (Lipinski definition) is 3. The number of benzene rings is 2. The quantitative estimate of drug-likeness (QED) is 0.650. The summed E-state index contributed by atoms with van der Waals surface area (Å²) in [6.45, 7) is 2.21. The number of ether oxygens (including phenoxy) is 1. The van der Waals surface area contributed by atoms with Crippen LogP contribution in [0.1, 0.15) is 29.3 Å². The summed E-state index contributed by atoms with van der Waals surface area (Å²) in [4.78, 5) is 16.5. The molecule has 1 aromatic heterocycles. The number of carbonyl (C=O) groups is 1. The number of amides is 1. The minimum absolute atomic E-state index is 0.0213.